The Balaban J connectivity index is 0.00000320. The average molecular weight is 535 g/mol. The molecule has 3 fully saturated rings. The van der Waals surface area contributed by atoms with Crippen molar-refractivity contribution in [2.75, 3.05) is 58.9 Å². The van der Waals surface area contributed by atoms with Crippen molar-refractivity contribution in [2.45, 2.75) is 65.0 Å². The summed E-state index contributed by atoms with van der Waals surface area (Å²) >= 11 is 0. The molecule has 3 rings (SSSR count). The van der Waals surface area contributed by atoms with Gasteiger partial charge in [-0.1, -0.05) is 19.8 Å². The highest BCUT2D eigenvalue weighted by atomic mass is 127. The van der Waals surface area contributed by atoms with E-state index in [1.807, 2.05) is 0 Å². The van der Waals surface area contributed by atoms with Crippen molar-refractivity contribution in [1.29, 1.82) is 0 Å². The lowest BCUT2D eigenvalue weighted by Gasteiger charge is -2.37. The Morgan fingerprint density at radius 1 is 1.07 bits per heavy atom. The number of piperazine rings is 1. The summed E-state index contributed by atoms with van der Waals surface area (Å²) in [5.74, 6) is 1.56. The molecule has 3 aliphatic rings. The van der Waals surface area contributed by atoms with E-state index in [1.165, 1.54) is 12.8 Å². The van der Waals surface area contributed by atoms with Crippen molar-refractivity contribution < 1.29 is 4.79 Å². The number of rotatable bonds is 7. The van der Waals surface area contributed by atoms with Crippen LogP contribution in [0, 0.1) is 5.92 Å². The smallest absolute Gasteiger partial charge is 0.225 e. The maximum absolute atomic E-state index is 12.7. The lowest BCUT2D eigenvalue weighted by Crippen LogP contribution is -2.50. The normalized spacial score (nSPS) is 25.2. The van der Waals surface area contributed by atoms with Crippen LogP contribution in [-0.2, 0) is 4.79 Å². The molecule has 174 valence electrons. The van der Waals surface area contributed by atoms with E-state index in [0.29, 0.717) is 18.0 Å². The van der Waals surface area contributed by atoms with Crippen molar-refractivity contribution in [1.82, 2.24) is 25.3 Å². The molecule has 2 saturated heterocycles. The number of hydrogen-bond donors (Lipinski definition) is 2. The summed E-state index contributed by atoms with van der Waals surface area (Å²) in [7, 11) is 0. The molecule has 0 bridgehead atoms. The molecule has 7 nitrogen and oxygen atoms in total. The Morgan fingerprint density at radius 2 is 1.77 bits per heavy atom. The van der Waals surface area contributed by atoms with E-state index in [0.717, 1.165) is 84.1 Å². The van der Waals surface area contributed by atoms with Crippen LogP contribution in [-0.4, -0.2) is 97.6 Å². The number of nitrogens with one attached hydrogen (secondary N) is 2. The number of likely N-dealkylation sites (N-methyl/N-ethyl adjacent to an activating group) is 1. The second-order valence-electron chi connectivity index (χ2n) is 8.93. The SMILES string of the molecule is CCNC(=NCC(C)N1CCN(CC)CC1)NC1CCN(C(=O)C2CCCC2)C1.I. The van der Waals surface area contributed by atoms with Gasteiger partial charge in [-0.2, -0.15) is 0 Å². The molecule has 2 aliphatic heterocycles. The Morgan fingerprint density at radius 3 is 2.40 bits per heavy atom. The minimum absolute atomic E-state index is 0. The molecule has 0 spiro atoms. The third-order valence-electron chi connectivity index (χ3n) is 6.88. The van der Waals surface area contributed by atoms with Crippen LogP contribution >= 0.6 is 24.0 Å². The molecule has 2 N–H and O–H groups in total. The number of nitrogens with zero attached hydrogens (tertiary/aromatic N) is 4. The Kier molecular flexibility index (Phi) is 11.2. The Hall–Kier alpha value is -0.610. The van der Waals surface area contributed by atoms with Gasteiger partial charge in [-0.25, -0.2) is 0 Å². The van der Waals surface area contributed by atoms with Gasteiger partial charge in [-0.05, 0) is 39.7 Å². The van der Waals surface area contributed by atoms with Gasteiger partial charge in [0.2, 0.25) is 5.91 Å². The third-order valence-corrected chi connectivity index (χ3v) is 6.88. The first-order valence-corrected chi connectivity index (χ1v) is 11.9. The zero-order valence-electron chi connectivity index (χ0n) is 19.2. The summed E-state index contributed by atoms with van der Waals surface area (Å²) in [5, 5.41) is 6.98. The molecule has 0 aromatic heterocycles. The summed E-state index contributed by atoms with van der Waals surface area (Å²) < 4.78 is 0. The molecule has 0 aromatic rings. The van der Waals surface area contributed by atoms with Crippen molar-refractivity contribution in [3.63, 3.8) is 0 Å². The van der Waals surface area contributed by atoms with E-state index < -0.39 is 0 Å². The number of likely N-dealkylation sites (tertiary alicyclic amines) is 1. The first kappa shape index (κ1) is 25.6. The van der Waals surface area contributed by atoms with Crippen LogP contribution in [0.1, 0.15) is 52.9 Å². The Bertz CT molecular complexity index is 546. The average Bonchev–Trinajstić information content (AvgIpc) is 3.44. The number of aliphatic imine (C=N–C) groups is 1. The highest BCUT2D eigenvalue weighted by Crippen LogP contribution is 2.27. The third kappa shape index (κ3) is 7.22. The van der Waals surface area contributed by atoms with E-state index >= 15 is 0 Å². The van der Waals surface area contributed by atoms with Crippen LogP contribution in [0.25, 0.3) is 0 Å². The molecule has 2 unspecified atom stereocenters. The van der Waals surface area contributed by atoms with Crippen molar-refractivity contribution in [3.05, 3.63) is 0 Å². The van der Waals surface area contributed by atoms with E-state index in [1.54, 1.807) is 0 Å². The van der Waals surface area contributed by atoms with E-state index in [2.05, 4.69) is 46.1 Å². The quantitative estimate of drug-likeness (QED) is 0.297. The summed E-state index contributed by atoms with van der Waals surface area (Å²) in [6.45, 7) is 15.7. The number of halogens is 1. The van der Waals surface area contributed by atoms with Crippen LogP contribution in [0.15, 0.2) is 4.99 Å². The van der Waals surface area contributed by atoms with Crippen molar-refractivity contribution in [3.8, 4) is 0 Å². The fraction of sp³-hybridized carbons (Fsp3) is 0.909. The van der Waals surface area contributed by atoms with Gasteiger partial charge in [0.1, 0.15) is 0 Å². The zero-order valence-corrected chi connectivity index (χ0v) is 21.6. The summed E-state index contributed by atoms with van der Waals surface area (Å²) in [4.78, 5) is 24.7. The van der Waals surface area contributed by atoms with Crippen LogP contribution in [0.3, 0.4) is 0 Å². The van der Waals surface area contributed by atoms with Gasteiger partial charge in [0.15, 0.2) is 5.96 Å². The second-order valence-corrected chi connectivity index (χ2v) is 8.93. The molecule has 1 saturated carbocycles. The highest BCUT2D eigenvalue weighted by molar-refractivity contribution is 14.0. The van der Waals surface area contributed by atoms with Crippen molar-refractivity contribution >= 4 is 35.8 Å². The minimum atomic E-state index is 0. The molecule has 0 radical (unpaired) electrons. The summed E-state index contributed by atoms with van der Waals surface area (Å²) in [6, 6.07) is 0.759. The second kappa shape index (κ2) is 13.1. The molecule has 30 heavy (non-hydrogen) atoms. The first-order valence-electron chi connectivity index (χ1n) is 11.9. The van der Waals surface area contributed by atoms with E-state index in [9.17, 15) is 4.79 Å². The predicted octanol–water partition coefficient (Wildman–Crippen LogP) is 1.98. The fourth-order valence-corrected chi connectivity index (χ4v) is 4.88. The number of carbonyl (C=O) groups is 1. The van der Waals surface area contributed by atoms with Crippen molar-refractivity contribution in [2.24, 2.45) is 10.9 Å². The predicted molar refractivity (Wildman–Crippen MR) is 135 cm³/mol. The fourth-order valence-electron chi connectivity index (χ4n) is 4.88. The van der Waals surface area contributed by atoms with E-state index in [-0.39, 0.29) is 29.9 Å². The number of guanidine groups is 1. The van der Waals surface area contributed by atoms with E-state index in [4.69, 9.17) is 4.99 Å². The molecule has 8 heteroatoms. The number of carbonyl (C=O) groups excluding carboxylic acids is 1. The number of hydrogen-bond acceptors (Lipinski definition) is 4. The van der Waals surface area contributed by atoms with Gasteiger partial charge < -0.3 is 20.4 Å². The highest BCUT2D eigenvalue weighted by Gasteiger charge is 2.32. The molecule has 1 aliphatic carbocycles. The molecule has 1 amide bonds. The number of amides is 1. The maximum Gasteiger partial charge on any atom is 0.225 e. The Labute approximate surface area is 200 Å². The molecule has 2 heterocycles. The topological polar surface area (TPSA) is 63.2 Å². The van der Waals surface area contributed by atoms with Gasteiger partial charge in [0.05, 0.1) is 6.54 Å². The lowest BCUT2D eigenvalue weighted by atomic mass is 10.1. The molecular weight excluding hydrogens is 491 g/mol. The maximum atomic E-state index is 12.7. The minimum Gasteiger partial charge on any atom is -0.357 e. The van der Waals surface area contributed by atoms with Gasteiger partial charge in [-0.3, -0.25) is 14.7 Å². The van der Waals surface area contributed by atoms with Crippen LogP contribution in [0.4, 0.5) is 0 Å². The molecule has 2 atom stereocenters. The monoisotopic (exact) mass is 534 g/mol. The van der Waals surface area contributed by atoms with Gasteiger partial charge in [0, 0.05) is 63.8 Å². The van der Waals surface area contributed by atoms with Crippen LogP contribution in [0.5, 0.6) is 0 Å². The molecule has 0 aromatic carbocycles. The summed E-state index contributed by atoms with van der Waals surface area (Å²) in [5.41, 5.74) is 0. The van der Waals surface area contributed by atoms with Gasteiger partial charge in [0.25, 0.3) is 0 Å². The largest absolute Gasteiger partial charge is 0.357 e. The zero-order chi connectivity index (χ0) is 20.6. The first-order chi connectivity index (χ1) is 14.1. The lowest BCUT2D eigenvalue weighted by molar-refractivity contribution is -0.134. The molecular formula is C22H43IN6O. The van der Waals surface area contributed by atoms with Gasteiger partial charge >= 0.3 is 0 Å². The summed E-state index contributed by atoms with van der Waals surface area (Å²) in [6.07, 6.45) is 5.62. The van der Waals surface area contributed by atoms with Gasteiger partial charge in [-0.15, -0.1) is 24.0 Å². The van der Waals surface area contributed by atoms with Crippen LogP contribution < -0.4 is 10.6 Å². The standard InChI is InChI=1S/C22H42N6O.HI/c1-4-23-22(24-16-18(3)27-14-12-26(5-2)13-15-27)25-20-10-11-28(17-20)21(29)19-8-6-7-9-19;/h18-20H,4-17H2,1-3H3,(H2,23,24,25);1H. The van der Waals surface area contributed by atoms with Crippen LogP contribution in [0.2, 0.25) is 0 Å².